The molecule has 4 heteroatoms. The van der Waals surface area contributed by atoms with E-state index in [4.69, 9.17) is 5.73 Å². The number of halogens is 1. The second-order valence-corrected chi connectivity index (χ2v) is 6.02. The van der Waals surface area contributed by atoms with Gasteiger partial charge in [-0.15, -0.1) is 0 Å². The van der Waals surface area contributed by atoms with Crippen molar-refractivity contribution in [1.82, 2.24) is 5.32 Å². The van der Waals surface area contributed by atoms with Crippen LogP contribution in [-0.2, 0) is 10.2 Å². The van der Waals surface area contributed by atoms with Crippen LogP contribution in [0.1, 0.15) is 50.5 Å². The molecule has 0 unspecified atom stereocenters. The highest BCUT2D eigenvalue weighted by Crippen LogP contribution is 2.47. The van der Waals surface area contributed by atoms with E-state index in [-0.39, 0.29) is 17.1 Å². The molecule has 0 aromatic heterocycles. The molecule has 0 atom stereocenters. The summed E-state index contributed by atoms with van der Waals surface area (Å²) in [6.45, 7) is 1.35. The van der Waals surface area contributed by atoms with Gasteiger partial charge in [0.25, 0.3) is 0 Å². The number of rotatable bonds is 9. The minimum absolute atomic E-state index is 0.0304. The largest absolute Gasteiger partial charge is 0.355 e. The first-order valence-corrected chi connectivity index (χ1v) is 7.89. The van der Waals surface area contributed by atoms with Crippen LogP contribution in [0.4, 0.5) is 4.39 Å². The van der Waals surface area contributed by atoms with E-state index < -0.39 is 0 Å². The number of hydrogen-bond donors (Lipinski definition) is 2. The lowest BCUT2D eigenvalue weighted by atomic mass is 9.96. The van der Waals surface area contributed by atoms with Crippen molar-refractivity contribution in [3.8, 4) is 0 Å². The summed E-state index contributed by atoms with van der Waals surface area (Å²) >= 11 is 0. The molecular formula is C17H25FN2O. The maximum atomic E-state index is 13.3. The predicted octanol–water partition coefficient (Wildman–Crippen LogP) is 2.88. The molecule has 0 aliphatic heterocycles. The molecule has 1 fully saturated rings. The molecule has 3 N–H and O–H groups in total. The molecule has 0 bridgehead atoms. The van der Waals surface area contributed by atoms with E-state index in [0.29, 0.717) is 13.0 Å². The number of carbonyl (C=O) groups is 1. The maximum absolute atomic E-state index is 13.3. The molecule has 2 rings (SSSR count). The molecule has 1 aliphatic rings. The van der Waals surface area contributed by atoms with Gasteiger partial charge in [-0.05, 0) is 49.9 Å². The fourth-order valence-electron chi connectivity index (χ4n) is 2.68. The van der Waals surface area contributed by atoms with E-state index >= 15 is 0 Å². The minimum Gasteiger partial charge on any atom is -0.355 e. The molecule has 0 radical (unpaired) electrons. The van der Waals surface area contributed by atoms with Crippen molar-refractivity contribution < 1.29 is 9.18 Å². The molecular weight excluding hydrogens is 267 g/mol. The summed E-state index contributed by atoms with van der Waals surface area (Å²) in [4.78, 5) is 11.8. The van der Waals surface area contributed by atoms with Gasteiger partial charge in [0.1, 0.15) is 5.82 Å². The molecule has 1 aliphatic carbocycles. The number of hydrogen-bond acceptors (Lipinski definition) is 2. The molecule has 116 valence electrons. The highest BCUT2D eigenvalue weighted by atomic mass is 19.1. The van der Waals surface area contributed by atoms with Crippen LogP contribution < -0.4 is 11.1 Å². The third-order valence-corrected chi connectivity index (χ3v) is 4.27. The lowest BCUT2D eigenvalue weighted by Gasteiger charge is -2.16. The molecule has 21 heavy (non-hydrogen) atoms. The van der Waals surface area contributed by atoms with Crippen molar-refractivity contribution in [3.63, 3.8) is 0 Å². The quantitative estimate of drug-likeness (QED) is 0.688. The van der Waals surface area contributed by atoms with Crippen LogP contribution in [0.25, 0.3) is 0 Å². The predicted molar refractivity (Wildman–Crippen MR) is 82.5 cm³/mol. The molecule has 1 aromatic rings. The summed E-state index contributed by atoms with van der Waals surface area (Å²) in [5.74, 6) is -0.101. The van der Waals surface area contributed by atoms with Crippen molar-refractivity contribution in [1.29, 1.82) is 0 Å². The van der Waals surface area contributed by atoms with E-state index in [9.17, 15) is 9.18 Å². The summed E-state index contributed by atoms with van der Waals surface area (Å²) in [5, 5.41) is 3.01. The van der Waals surface area contributed by atoms with Gasteiger partial charge in [-0.2, -0.15) is 0 Å². The topological polar surface area (TPSA) is 55.1 Å². The average molecular weight is 292 g/mol. The van der Waals surface area contributed by atoms with E-state index in [1.807, 2.05) is 6.07 Å². The van der Waals surface area contributed by atoms with E-state index in [1.165, 1.54) is 6.07 Å². The monoisotopic (exact) mass is 292 g/mol. The van der Waals surface area contributed by atoms with Gasteiger partial charge in [0.05, 0.1) is 0 Å². The summed E-state index contributed by atoms with van der Waals surface area (Å²) in [7, 11) is 0. The number of nitrogens with two attached hydrogens (primary N) is 1. The summed E-state index contributed by atoms with van der Waals surface area (Å²) in [5.41, 5.74) is 6.41. The fraction of sp³-hybridized carbons (Fsp3) is 0.588. The lowest BCUT2D eigenvalue weighted by molar-refractivity contribution is -0.121. The van der Waals surface area contributed by atoms with Gasteiger partial charge in [0.15, 0.2) is 0 Å². The molecule has 1 amide bonds. The van der Waals surface area contributed by atoms with Gasteiger partial charge in [-0.25, -0.2) is 4.39 Å². The number of unbranched alkanes of at least 4 members (excludes halogenated alkanes) is 3. The second-order valence-electron chi connectivity index (χ2n) is 6.02. The zero-order chi connectivity index (χ0) is 15.1. The van der Waals surface area contributed by atoms with E-state index in [1.54, 1.807) is 12.1 Å². The Morgan fingerprint density at radius 2 is 2.00 bits per heavy atom. The van der Waals surface area contributed by atoms with Gasteiger partial charge in [0, 0.05) is 18.4 Å². The Bertz CT molecular complexity index is 472. The number of benzene rings is 1. The van der Waals surface area contributed by atoms with Crippen molar-refractivity contribution in [2.45, 2.75) is 50.4 Å². The van der Waals surface area contributed by atoms with Crippen molar-refractivity contribution in [2.24, 2.45) is 5.73 Å². The minimum atomic E-state index is -0.204. The Morgan fingerprint density at radius 3 is 2.67 bits per heavy atom. The van der Waals surface area contributed by atoms with E-state index in [2.05, 4.69) is 5.32 Å². The Kier molecular flexibility index (Phi) is 5.74. The second kappa shape index (κ2) is 7.55. The third-order valence-electron chi connectivity index (χ3n) is 4.27. The van der Waals surface area contributed by atoms with Crippen LogP contribution in [0, 0.1) is 5.82 Å². The highest BCUT2D eigenvalue weighted by Gasteiger charge is 2.44. The van der Waals surface area contributed by atoms with Gasteiger partial charge in [0.2, 0.25) is 5.91 Å². The summed E-state index contributed by atoms with van der Waals surface area (Å²) in [6.07, 6.45) is 6.71. The highest BCUT2D eigenvalue weighted by molar-refractivity contribution is 5.76. The zero-order valence-corrected chi connectivity index (χ0v) is 12.5. The number of carbonyl (C=O) groups excluding carboxylic acids is 1. The fourth-order valence-corrected chi connectivity index (χ4v) is 2.68. The van der Waals surface area contributed by atoms with Crippen LogP contribution in [0.2, 0.25) is 0 Å². The van der Waals surface area contributed by atoms with Crippen LogP contribution >= 0.6 is 0 Å². The van der Waals surface area contributed by atoms with Crippen LogP contribution in [-0.4, -0.2) is 19.0 Å². The normalized spacial score (nSPS) is 15.7. The Balaban J connectivity index is 1.71. The van der Waals surface area contributed by atoms with Crippen LogP contribution in [0.15, 0.2) is 24.3 Å². The first-order chi connectivity index (χ1) is 10.2. The van der Waals surface area contributed by atoms with Gasteiger partial charge in [-0.3, -0.25) is 4.79 Å². The SMILES string of the molecule is NCCCCCCC(=O)NCC1(c2cccc(F)c2)CC1. The molecule has 3 nitrogen and oxygen atoms in total. The first kappa shape index (κ1) is 16.0. The standard InChI is InChI=1S/C17H25FN2O/c18-15-7-5-6-14(12-15)17(9-10-17)13-20-16(21)8-3-1-2-4-11-19/h5-7,12H,1-4,8-11,13,19H2,(H,20,21). The Morgan fingerprint density at radius 1 is 1.24 bits per heavy atom. The lowest BCUT2D eigenvalue weighted by Crippen LogP contribution is -2.32. The average Bonchev–Trinajstić information content (AvgIpc) is 3.26. The summed E-state index contributed by atoms with van der Waals surface area (Å²) in [6, 6.07) is 6.74. The van der Waals surface area contributed by atoms with Gasteiger partial charge < -0.3 is 11.1 Å². The summed E-state index contributed by atoms with van der Waals surface area (Å²) < 4.78 is 13.3. The van der Waals surface area contributed by atoms with Crippen molar-refractivity contribution in [2.75, 3.05) is 13.1 Å². The van der Waals surface area contributed by atoms with Crippen LogP contribution in [0.5, 0.6) is 0 Å². The Hall–Kier alpha value is -1.42. The first-order valence-electron chi connectivity index (χ1n) is 7.89. The molecule has 0 saturated heterocycles. The molecule has 1 aromatic carbocycles. The van der Waals surface area contributed by atoms with Crippen molar-refractivity contribution in [3.05, 3.63) is 35.6 Å². The number of amides is 1. The Labute approximate surface area is 126 Å². The number of nitrogens with one attached hydrogen (secondary N) is 1. The maximum Gasteiger partial charge on any atom is 0.220 e. The van der Waals surface area contributed by atoms with Crippen molar-refractivity contribution >= 4 is 5.91 Å². The van der Waals surface area contributed by atoms with Crippen LogP contribution in [0.3, 0.4) is 0 Å². The molecule has 0 heterocycles. The zero-order valence-electron chi connectivity index (χ0n) is 12.5. The third kappa shape index (κ3) is 4.81. The molecule has 1 saturated carbocycles. The smallest absolute Gasteiger partial charge is 0.220 e. The van der Waals surface area contributed by atoms with E-state index in [0.717, 1.165) is 50.6 Å². The van der Waals surface area contributed by atoms with Gasteiger partial charge >= 0.3 is 0 Å². The molecule has 0 spiro atoms. The van der Waals surface area contributed by atoms with Gasteiger partial charge in [-0.1, -0.05) is 25.0 Å².